The predicted molar refractivity (Wildman–Crippen MR) is 83.9 cm³/mol. The molecule has 0 radical (unpaired) electrons. The zero-order valence-electron chi connectivity index (χ0n) is 11.3. The fourth-order valence-corrected chi connectivity index (χ4v) is 2.93. The summed E-state index contributed by atoms with van der Waals surface area (Å²) in [7, 11) is 0. The van der Waals surface area contributed by atoms with Gasteiger partial charge in [0, 0.05) is 4.90 Å². The Kier molecular flexibility index (Phi) is 3.32. The van der Waals surface area contributed by atoms with Gasteiger partial charge in [-0.1, -0.05) is 24.3 Å². The largest absolute Gasteiger partial charge is 0.268 e. The van der Waals surface area contributed by atoms with E-state index in [0.717, 1.165) is 16.1 Å². The number of nitrogens with zero attached hydrogens (tertiary/aromatic N) is 2. The van der Waals surface area contributed by atoms with Crippen molar-refractivity contribution < 1.29 is 0 Å². The summed E-state index contributed by atoms with van der Waals surface area (Å²) in [6.45, 7) is 1.87. The van der Waals surface area contributed by atoms with E-state index in [-0.39, 0.29) is 5.56 Å². The van der Waals surface area contributed by atoms with Crippen molar-refractivity contribution in [2.45, 2.75) is 11.8 Å². The number of hydrogen-bond donors (Lipinski definition) is 0. The van der Waals surface area contributed by atoms with Gasteiger partial charge in [-0.2, -0.15) is 0 Å². The van der Waals surface area contributed by atoms with Crippen molar-refractivity contribution in [3.8, 4) is 5.69 Å². The summed E-state index contributed by atoms with van der Waals surface area (Å²) in [6.07, 6.45) is 2.01. The maximum Gasteiger partial charge on any atom is 0.265 e. The van der Waals surface area contributed by atoms with Crippen LogP contribution in [0.1, 0.15) is 5.82 Å². The van der Waals surface area contributed by atoms with Crippen molar-refractivity contribution in [2.75, 3.05) is 6.26 Å². The molecule has 1 aromatic heterocycles. The zero-order chi connectivity index (χ0) is 14.1. The molecule has 3 aromatic rings. The number of fused-ring (bicyclic) bond motifs is 1. The Morgan fingerprint density at radius 3 is 2.55 bits per heavy atom. The molecular formula is C16H14N2OS. The van der Waals surface area contributed by atoms with E-state index in [1.807, 2.05) is 61.7 Å². The van der Waals surface area contributed by atoms with Crippen LogP contribution in [0, 0.1) is 6.92 Å². The lowest BCUT2D eigenvalue weighted by Crippen LogP contribution is -2.22. The highest BCUT2D eigenvalue weighted by Gasteiger charge is 2.11. The van der Waals surface area contributed by atoms with Gasteiger partial charge in [0.1, 0.15) is 5.82 Å². The molecule has 0 saturated heterocycles. The maximum absolute atomic E-state index is 12.7. The molecule has 0 amide bonds. The van der Waals surface area contributed by atoms with Gasteiger partial charge in [-0.15, -0.1) is 11.8 Å². The molecule has 0 saturated carbocycles. The fraction of sp³-hybridized carbons (Fsp3) is 0.125. The first-order valence-electron chi connectivity index (χ1n) is 6.34. The second-order valence-electron chi connectivity index (χ2n) is 4.49. The van der Waals surface area contributed by atoms with E-state index in [2.05, 4.69) is 4.98 Å². The molecule has 20 heavy (non-hydrogen) atoms. The van der Waals surface area contributed by atoms with Gasteiger partial charge < -0.3 is 0 Å². The number of benzene rings is 2. The van der Waals surface area contributed by atoms with Crippen molar-refractivity contribution in [2.24, 2.45) is 0 Å². The van der Waals surface area contributed by atoms with Crippen LogP contribution in [0.25, 0.3) is 16.6 Å². The minimum atomic E-state index is -0.0189. The molecule has 0 unspecified atom stereocenters. The van der Waals surface area contributed by atoms with Gasteiger partial charge in [-0.3, -0.25) is 9.36 Å². The first-order valence-corrected chi connectivity index (χ1v) is 7.56. The molecule has 1 heterocycles. The van der Waals surface area contributed by atoms with E-state index in [0.29, 0.717) is 11.2 Å². The molecule has 2 aromatic carbocycles. The Morgan fingerprint density at radius 2 is 1.75 bits per heavy atom. The van der Waals surface area contributed by atoms with E-state index in [4.69, 9.17) is 0 Å². The summed E-state index contributed by atoms with van der Waals surface area (Å²) >= 11 is 1.63. The number of thioether (sulfide) groups is 1. The summed E-state index contributed by atoms with van der Waals surface area (Å²) in [4.78, 5) is 18.3. The molecule has 0 aliphatic carbocycles. The molecule has 3 nitrogen and oxygen atoms in total. The highest BCUT2D eigenvalue weighted by molar-refractivity contribution is 7.98. The number of hydrogen-bond acceptors (Lipinski definition) is 3. The van der Waals surface area contributed by atoms with Gasteiger partial charge in [0.15, 0.2) is 0 Å². The second-order valence-corrected chi connectivity index (χ2v) is 5.34. The third kappa shape index (κ3) is 2.02. The summed E-state index contributed by atoms with van der Waals surface area (Å²) in [5.41, 5.74) is 1.61. The number of para-hydroxylation sites is 2. The lowest BCUT2D eigenvalue weighted by atomic mass is 10.2. The van der Waals surface area contributed by atoms with Crippen molar-refractivity contribution in [3.05, 3.63) is 64.7 Å². The van der Waals surface area contributed by atoms with Gasteiger partial charge in [0.05, 0.1) is 16.6 Å². The summed E-state index contributed by atoms with van der Waals surface area (Å²) in [6, 6.07) is 15.3. The number of aryl methyl sites for hydroxylation is 1. The van der Waals surface area contributed by atoms with Crippen molar-refractivity contribution in [1.82, 2.24) is 9.55 Å². The Labute approximate surface area is 121 Å². The van der Waals surface area contributed by atoms with E-state index in [9.17, 15) is 4.79 Å². The Hall–Kier alpha value is -2.07. The van der Waals surface area contributed by atoms with Gasteiger partial charge in [-0.25, -0.2) is 4.98 Å². The van der Waals surface area contributed by atoms with Crippen LogP contribution in [0.3, 0.4) is 0 Å². The molecule has 0 atom stereocenters. The van der Waals surface area contributed by atoms with Crippen LogP contribution >= 0.6 is 11.8 Å². The van der Waals surface area contributed by atoms with E-state index in [1.54, 1.807) is 16.3 Å². The van der Waals surface area contributed by atoms with E-state index in [1.165, 1.54) is 0 Å². The van der Waals surface area contributed by atoms with Crippen molar-refractivity contribution in [1.29, 1.82) is 0 Å². The van der Waals surface area contributed by atoms with E-state index < -0.39 is 0 Å². The average molecular weight is 282 g/mol. The smallest absolute Gasteiger partial charge is 0.265 e. The molecule has 0 bridgehead atoms. The van der Waals surface area contributed by atoms with Gasteiger partial charge in [0.2, 0.25) is 0 Å². The van der Waals surface area contributed by atoms with Crippen molar-refractivity contribution in [3.63, 3.8) is 0 Å². The SMILES string of the molecule is CSc1ccccc1-n1c(C)nc2ccccc2c1=O. The number of rotatable bonds is 2. The maximum atomic E-state index is 12.7. The summed E-state index contributed by atoms with van der Waals surface area (Å²) < 4.78 is 1.69. The van der Waals surface area contributed by atoms with Crippen molar-refractivity contribution >= 4 is 22.7 Å². The quantitative estimate of drug-likeness (QED) is 0.676. The number of aromatic nitrogens is 2. The summed E-state index contributed by atoms with van der Waals surface area (Å²) in [5.74, 6) is 0.704. The van der Waals surface area contributed by atoms with Crippen LogP contribution in [0.2, 0.25) is 0 Å². The minimum Gasteiger partial charge on any atom is -0.268 e. The van der Waals surface area contributed by atoms with Crippen LogP contribution in [0.4, 0.5) is 0 Å². The highest BCUT2D eigenvalue weighted by Crippen LogP contribution is 2.23. The summed E-state index contributed by atoms with van der Waals surface area (Å²) in [5, 5.41) is 0.647. The monoisotopic (exact) mass is 282 g/mol. The predicted octanol–water partition coefficient (Wildman–Crippen LogP) is 3.42. The van der Waals surface area contributed by atoms with Crippen LogP contribution in [0.5, 0.6) is 0 Å². The Bertz CT molecular complexity index is 839. The third-order valence-corrected chi connectivity index (χ3v) is 4.05. The lowest BCUT2D eigenvalue weighted by Gasteiger charge is -2.13. The molecule has 0 aliphatic heterocycles. The van der Waals surface area contributed by atoms with Crippen LogP contribution in [-0.4, -0.2) is 15.8 Å². The zero-order valence-corrected chi connectivity index (χ0v) is 12.1. The molecule has 100 valence electrons. The van der Waals surface area contributed by atoms with E-state index >= 15 is 0 Å². The minimum absolute atomic E-state index is 0.0189. The molecule has 0 aliphatic rings. The first kappa shape index (κ1) is 12.9. The molecule has 0 fully saturated rings. The Morgan fingerprint density at radius 1 is 1.05 bits per heavy atom. The normalized spacial score (nSPS) is 10.9. The van der Waals surface area contributed by atoms with Crippen LogP contribution in [-0.2, 0) is 0 Å². The third-order valence-electron chi connectivity index (χ3n) is 3.27. The molecular weight excluding hydrogens is 268 g/mol. The van der Waals surface area contributed by atoms with Gasteiger partial charge in [-0.05, 0) is 37.4 Å². The van der Waals surface area contributed by atoms with Gasteiger partial charge >= 0.3 is 0 Å². The topological polar surface area (TPSA) is 34.9 Å². The molecule has 0 spiro atoms. The van der Waals surface area contributed by atoms with Crippen LogP contribution in [0.15, 0.2) is 58.2 Å². The second kappa shape index (κ2) is 5.13. The lowest BCUT2D eigenvalue weighted by molar-refractivity contribution is 0.878. The first-order chi connectivity index (χ1) is 9.72. The standard InChI is InChI=1S/C16H14N2OS/c1-11-17-13-8-4-3-7-12(13)16(19)18(11)14-9-5-6-10-15(14)20-2/h3-10H,1-2H3. The highest BCUT2D eigenvalue weighted by atomic mass is 32.2. The fourth-order valence-electron chi connectivity index (χ4n) is 2.34. The molecule has 3 rings (SSSR count). The van der Waals surface area contributed by atoms with Gasteiger partial charge in [0.25, 0.3) is 5.56 Å². The van der Waals surface area contributed by atoms with Crippen LogP contribution < -0.4 is 5.56 Å². The average Bonchev–Trinajstić information content (AvgIpc) is 2.48. The molecule has 4 heteroatoms. The Balaban J connectivity index is 2.40. The molecule has 0 N–H and O–H groups in total.